The molecule has 208 valence electrons. The SMILES string of the molecule is N=C(/C=C(\NCc1ccccc1)OCCc1ccc2c(n1)NCCC2)CC(CC(=O)O)c1ccc2c(c1)OCO2. The Balaban J connectivity index is 1.27. The minimum absolute atomic E-state index is 0.110. The maximum atomic E-state index is 11.7. The fourth-order valence-corrected chi connectivity index (χ4v) is 4.87. The van der Waals surface area contributed by atoms with E-state index < -0.39 is 11.9 Å². The van der Waals surface area contributed by atoms with Crippen LogP contribution in [0.3, 0.4) is 0 Å². The number of aryl methyl sites for hydroxylation is 1. The molecule has 1 aromatic heterocycles. The molecule has 2 aliphatic heterocycles. The maximum absolute atomic E-state index is 11.7. The number of fused-ring (bicyclic) bond motifs is 2. The van der Waals surface area contributed by atoms with Crippen LogP contribution in [-0.2, 0) is 28.9 Å². The van der Waals surface area contributed by atoms with E-state index in [1.54, 1.807) is 18.2 Å². The van der Waals surface area contributed by atoms with E-state index in [-0.39, 0.29) is 25.3 Å². The van der Waals surface area contributed by atoms with Crippen molar-refractivity contribution in [1.29, 1.82) is 5.41 Å². The number of nitrogens with one attached hydrogen (secondary N) is 3. The molecular weight excluding hydrogens is 508 g/mol. The van der Waals surface area contributed by atoms with Crippen molar-refractivity contribution >= 4 is 17.5 Å². The molecule has 3 heterocycles. The van der Waals surface area contributed by atoms with Crippen LogP contribution in [0.1, 0.15) is 47.6 Å². The molecule has 0 saturated carbocycles. The van der Waals surface area contributed by atoms with E-state index in [4.69, 9.17) is 24.6 Å². The molecule has 0 amide bonds. The minimum atomic E-state index is -0.926. The monoisotopic (exact) mass is 542 g/mol. The van der Waals surface area contributed by atoms with Gasteiger partial charge in [-0.15, -0.1) is 0 Å². The van der Waals surface area contributed by atoms with Crippen molar-refractivity contribution in [2.24, 2.45) is 0 Å². The first kappa shape index (κ1) is 27.1. The first-order chi connectivity index (χ1) is 19.5. The number of hydrogen-bond donors (Lipinski definition) is 4. The number of carboxylic acids is 1. The van der Waals surface area contributed by atoms with Gasteiger partial charge in [-0.2, -0.15) is 0 Å². The molecular formula is C31H34N4O5. The maximum Gasteiger partial charge on any atom is 0.303 e. The van der Waals surface area contributed by atoms with Crippen LogP contribution in [0.15, 0.2) is 72.6 Å². The lowest BCUT2D eigenvalue weighted by molar-refractivity contribution is -0.137. The third-order valence-corrected chi connectivity index (χ3v) is 6.94. The number of rotatable bonds is 13. The van der Waals surface area contributed by atoms with Gasteiger partial charge in [-0.1, -0.05) is 42.5 Å². The highest BCUT2D eigenvalue weighted by atomic mass is 16.7. The van der Waals surface area contributed by atoms with Crippen LogP contribution in [0.4, 0.5) is 5.82 Å². The number of allylic oxidation sites excluding steroid dienone is 1. The Labute approximate surface area is 233 Å². The topological polar surface area (TPSA) is 126 Å². The van der Waals surface area contributed by atoms with Crippen LogP contribution in [0.2, 0.25) is 0 Å². The molecule has 1 atom stereocenters. The van der Waals surface area contributed by atoms with Crippen LogP contribution >= 0.6 is 0 Å². The number of aliphatic carboxylic acids is 1. The normalized spacial score (nSPS) is 14.6. The summed E-state index contributed by atoms with van der Waals surface area (Å²) >= 11 is 0. The predicted octanol–water partition coefficient (Wildman–Crippen LogP) is 5.03. The summed E-state index contributed by atoms with van der Waals surface area (Å²) in [6.07, 6.45) is 4.54. The van der Waals surface area contributed by atoms with Crippen molar-refractivity contribution in [3.63, 3.8) is 0 Å². The summed E-state index contributed by atoms with van der Waals surface area (Å²) < 4.78 is 17.0. The first-order valence-corrected chi connectivity index (χ1v) is 13.6. The molecule has 0 radical (unpaired) electrons. The second-order valence-corrected chi connectivity index (χ2v) is 9.92. The molecule has 0 saturated heterocycles. The van der Waals surface area contributed by atoms with Crippen LogP contribution in [-0.4, -0.2) is 41.7 Å². The number of benzene rings is 2. The minimum Gasteiger partial charge on any atom is -0.481 e. The number of carboxylic acid groups (broad SMARTS) is 1. The molecule has 0 fully saturated rings. The smallest absolute Gasteiger partial charge is 0.303 e. The van der Waals surface area contributed by atoms with E-state index in [2.05, 4.69) is 16.7 Å². The number of ether oxygens (including phenoxy) is 3. The number of hydrogen-bond acceptors (Lipinski definition) is 8. The van der Waals surface area contributed by atoms with Crippen LogP contribution in [0.5, 0.6) is 11.5 Å². The van der Waals surface area contributed by atoms with Crippen molar-refractivity contribution in [3.8, 4) is 11.5 Å². The standard InChI is InChI=1S/C31H34N4O5/c32-25(15-24(17-30(36)37)23-9-11-27-28(16-23)40-20-39-27)18-29(34-19-21-5-2-1-3-6-21)38-14-12-26-10-8-22-7-4-13-33-31(22)35-26/h1-3,5-6,8-11,16,18,24,32,34H,4,7,12-15,17,19-20H2,(H,33,35)(H,36,37)/b29-18+,32-25?. The van der Waals surface area contributed by atoms with Crippen molar-refractivity contribution in [1.82, 2.24) is 10.3 Å². The van der Waals surface area contributed by atoms with E-state index in [0.717, 1.165) is 42.0 Å². The van der Waals surface area contributed by atoms with Crippen molar-refractivity contribution in [2.75, 3.05) is 25.3 Å². The highest BCUT2D eigenvalue weighted by Gasteiger charge is 2.21. The molecule has 4 N–H and O–H groups in total. The number of aromatic nitrogens is 1. The highest BCUT2D eigenvalue weighted by Crippen LogP contribution is 2.36. The summed E-state index contributed by atoms with van der Waals surface area (Å²) in [6, 6.07) is 19.5. The Hall–Kier alpha value is -4.53. The molecule has 9 nitrogen and oxygen atoms in total. The third-order valence-electron chi connectivity index (χ3n) is 6.94. The van der Waals surface area contributed by atoms with Gasteiger partial charge in [0.25, 0.3) is 0 Å². The molecule has 40 heavy (non-hydrogen) atoms. The Kier molecular flexibility index (Phi) is 8.80. The van der Waals surface area contributed by atoms with E-state index in [1.807, 2.05) is 42.5 Å². The Morgan fingerprint density at radius 2 is 1.98 bits per heavy atom. The molecule has 0 bridgehead atoms. The summed E-state index contributed by atoms with van der Waals surface area (Å²) in [4.78, 5) is 16.4. The van der Waals surface area contributed by atoms with Gasteiger partial charge in [-0.25, -0.2) is 4.98 Å². The summed E-state index contributed by atoms with van der Waals surface area (Å²) in [5.74, 6) is 1.32. The molecule has 5 rings (SSSR count). The highest BCUT2D eigenvalue weighted by molar-refractivity contribution is 5.93. The molecule has 3 aromatic rings. The van der Waals surface area contributed by atoms with Gasteiger partial charge < -0.3 is 35.4 Å². The largest absolute Gasteiger partial charge is 0.481 e. The van der Waals surface area contributed by atoms with Gasteiger partial charge >= 0.3 is 5.97 Å². The van der Waals surface area contributed by atoms with Crippen LogP contribution < -0.4 is 20.1 Å². The summed E-state index contributed by atoms with van der Waals surface area (Å²) in [7, 11) is 0. The third kappa shape index (κ3) is 7.31. The van der Waals surface area contributed by atoms with Crippen LogP contribution in [0.25, 0.3) is 0 Å². The van der Waals surface area contributed by atoms with E-state index in [1.165, 1.54) is 5.56 Å². The van der Waals surface area contributed by atoms with E-state index in [0.29, 0.717) is 37.0 Å². The zero-order chi connectivity index (χ0) is 27.7. The number of carbonyl (C=O) groups is 1. The quantitative estimate of drug-likeness (QED) is 0.175. The van der Waals surface area contributed by atoms with Crippen molar-refractivity contribution in [3.05, 3.63) is 95.0 Å². The van der Waals surface area contributed by atoms with Gasteiger partial charge in [0.05, 0.1) is 13.0 Å². The molecule has 2 aromatic carbocycles. The van der Waals surface area contributed by atoms with Gasteiger partial charge in [-0.3, -0.25) is 4.79 Å². The second-order valence-electron chi connectivity index (χ2n) is 9.92. The lowest BCUT2D eigenvalue weighted by Crippen LogP contribution is -2.19. The summed E-state index contributed by atoms with van der Waals surface area (Å²) in [5, 5.41) is 24.9. The zero-order valence-corrected chi connectivity index (χ0v) is 22.3. The molecule has 2 aliphatic rings. The fraction of sp³-hybridized carbons (Fsp3) is 0.323. The first-order valence-electron chi connectivity index (χ1n) is 13.6. The number of anilines is 1. The van der Waals surface area contributed by atoms with Gasteiger partial charge in [0, 0.05) is 37.0 Å². The van der Waals surface area contributed by atoms with Crippen molar-refractivity contribution < 1.29 is 24.1 Å². The Bertz CT molecular complexity index is 1380. The second kappa shape index (κ2) is 13.0. The van der Waals surface area contributed by atoms with Gasteiger partial charge in [0.1, 0.15) is 5.82 Å². The fourth-order valence-electron chi connectivity index (χ4n) is 4.87. The van der Waals surface area contributed by atoms with Crippen LogP contribution in [0, 0.1) is 5.41 Å². The molecule has 0 aliphatic carbocycles. The number of nitrogens with zero attached hydrogens (tertiary/aromatic N) is 1. The van der Waals surface area contributed by atoms with E-state index >= 15 is 0 Å². The summed E-state index contributed by atoms with van der Waals surface area (Å²) in [5.41, 5.74) is 4.31. The Morgan fingerprint density at radius 3 is 2.83 bits per heavy atom. The average molecular weight is 543 g/mol. The lowest BCUT2D eigenvalue weighted by atomic mass is 9.90. The van der Waals surface area contributed by atoms with Gasteiger partial charge in [-0.05, 0) is 60.1 Å². The molecule has 0 spiro atoms. The van der Waals surface area contributed by atoms with Gasteiger partial charge in [0.2, 0.25) is 6.79 Å². The van der Waals surface area contributed by atoms with E-state index in [9.17, 15) is 9.90 Å². The molecule has 9 heteroatoms. The average Bonchev–Trinajstić information content (AvgIpc) is 3.44. The van der Waals surface area contributed by atoms with Crippen molar-refractivity contribution in [2.45, 2.75) is 44.6 Å². The predicted molar refractivity (Wildman–Crippen MR) is 152 cm³/mol. The Morgan fingerprint density at radius 1 is 1.12 bits per heavy atom. The van der Waals surface area contributed by atoms with Gasteiger partial charge in [0.15, 0.2) is 17.4 Å². The molecule has 1 unspecified atom stereocenters. The lowest BCUT2D eigenvalue weighted by Gasteiger charge is -2.18. The zero-order valence-electron chi connectivity index (χ0n) is 22.3. The summed E-state index contributed by atoms with van der Waals surface area (Å²) in [6.45, 7) is 1.99. The number of pyridine rings is 1.